The first-order valence-corrected chi connectivity index (χ1v) is 9.44. The van der Waals surface area contributed by atoms with Crippen LogP contribution >= 0.6 is 0 Å². The third-order valence-electron chi connectivity index (χ3n) is 4.18. The molecule has 0 aliphatic carbocycles. The van der Waals surface area contributed by atoms with E-state index in [-0.39, 0.29) is 18.7 Å². The van der Waals surface area contributed by atoms with Gasteiger partial charge in [-0.2, -0.15) is 0 Å². The van der Waals surface area contributed by atoms with Gasteiger partial charge in [-0.1, -0.05) is 25.1 Å². The summed E-state index contributed by atoms with van der Waals surface area (Å²) >= 11 is 0. The normalized spacial score (nSPS) is 10.1. The number of aryl methyl sites for hydroxylation is 1. The van der Waals surface area contributed by atoms with Crippen LogP contribution in [0.25, 0.3) is 0 Å². The summed E-state index contributed by atoms with van der Waals surface area (Å²) in [4.78, 5) is 47.1. The van der Waals surface area contributed by atoms with Gasteiger partial charge in [0, 0.05) is 17.8 Å². The minimum atomic E-state index is -0.648. The fraction of sp³-hybridized carbons (Fsp3) is 0.273. The monoisotopic (exact) mass is 412 g/mol. The first-order chi connectivity index (χ1) is 14.4. The van der Waals surface area contributed by atoms with E-state index in [0.717, 1.165) is 17.7 Å². The minimum absolute atomic E-state index is 0.0481. The second kappa shape index (κ2) is 11.4. The van der Waals surface area contributed by atoms with Crippen LogP contribution in [0, 0.1) is 0 Å². The highest BCUT2D eigenvalue weighted by Gasteiger charge is 2.12. The van der Waals surface area contributed by atoms with Crippen molar-refractivity contribution in [3.63, 3.8) is 0 Å². The van der Waals surface area contributed by atoms with Crippen molar-refractivity contribution >= 4 is 35.1 Å². The van der Waals surface area contributed by atoms with Gasteiger partial charge in [-0.25, -0.2) is 4.79 Å². The number of amides is 2. The fourth-order valence-electron chi connectivity index (χ4n) is 2.60. The first-order valence-electron chi connectivity index (χ1n) is 9.44. The molecule has 0 aliphatic rings. The lowest BCUT2D eigenvalue weighted by Gasteiger charge is -2.10. The summed E-state index contributed by atoms with van der Waals surface area (Å²) in [6.45, 7) is 1.51. The van der Waals surface area contributed by atoms with Gasteiger partial charge >= 0.3 is 11.9 Å². The molecule has 0 bridgehead atoms. The number of hydrogen-bond donors (Lipinski definition) is 2. The Morgan fingerprint density at radius 2 is 1.57 bits per heavy atom. The lowest BCUT2D eigenvalue weighted by atomic mass is 10.1. The van der Waals surface area contributed by atoms with Crippen LogP contribution in [0.5, 0.6) is 0 Å². The van der Waals surface area contributed by atoms with Crippen molar-refractivity contribution in [2.24, 2.45) is 0 Å². The molecular weight excluding hydrogens is 388 g/mol. The number of nitrogens with one attached hydrogen (secondary N) is 2. The van der Waals surface area contributed by atoms with Gasteiger partial charge in [0.2, 0.25) is 5.91 Å². The van der Waals surface area contributed by atoms with Gasteiger partial charge in [-0.3, -0.25) is 14.4 Å². The number of carbonyl (C=O) groups excluding carboxylic acids is 4. The van der Waals surface area contributed by atoms with Gasteiger partial charge in [0.15, 0.2) is 6.61 Å². The molecule has 0 atom stereocenters. The number of esters is 2. The Bertz CT molecular complexity index is 908. The van der Waals surface area contributed by atoms with E-state index >= 15 is 0 Å². The summed E-state index contributed by atoms with van der Waals surface area (Å²) in [6.07, 6.45) is 0.591. The summed E-state index contributed by atoms with van der Waals surface area (Å²) in [7, 11) is 1.28. The van der Waals surface area contributed by atoms with Crippen LogP contribution in [0.1, 0.15) is 35.7 Å². The molecule has 0 aromatic heterocycles. The lowest BCUT2D eigenvalue weighted by Crippen LogP contribution is -2.22. The molecule has 8 nitrogen and oxygen atoms in total. The van der Waals surface area contributed by atoms with Crippen molar-refractivity contribution < 1.29 is 28.7 Å². The van der Waals surface area contributed by atoms with Gasteiger partial charge in [0.05, 0.1) is 19.1 Å². The van der Waals surface area contributed by atoms with E-state index in [0.29, 0.717) is 11.3 Å². The van der Waals surface area contributed by atoms with Crippen LogP contribution < -0.4 is 10.6 Å². The highest BCUT2D eigenvalue weighted by atomic mass is 16.5. The molecule has 158 valence electrons. The topological polar surface area (TPSA) is 111 Å². The Hall–Kier alpha value is -3.68. The maximum absolute atomic E-state index is 12.0. The first kappa shape index (κ1) is 22.6. The molecule has 2 N–H and O–H groups in total. The van der Waals surface area contributed by atoms with E-state index in [4.69, 9.17) is 4.74 Å². The fourth-order valence-corrected chi connectivity index (χ4v) is 2.60. The number of anilines is 2. The lowest BCUT2D eigenvalue weighted by molar-refractivity contribution is -0.147. The molecule has 2 amide bonds. The number of para-hydroxylation sites is 1. The third-order valence-corrected chi connectivity index (χ3v) is 4.18. The SMILES string of the molecule is CCc1ccccc1NC(=O)CCC(=O)OCC(=O)Nc1ccc(C(=O)OC)cc1. The predicted molar refractivity (Wildman–Crippen MR) is 111 cm³/mol. The van der Waals surface area contributed by atoms with Crippen LogP contribution in [0.4, 0.5) is 11.4 Å². The van der Waals surface area contributed by atoms with Crippen molar-refractivity contribution in [1.29, 1.82) is 0 Å². The summed E-state index contributed by atoms with van der Waals surface area (Å²) < 4.78 is 9.49. The molecule has 0 aliphatic heterocycles. The molecule has 0 spiro atoms. The van der Waals surface area contributed by atoms with Crippen molar-refractivity contribution in [2.75, 3.05) is 24.4 Å². The Balaban J connectivity index is 1.71. The van der Waals surface area contributed by atoms with E-state index in [1.54, 1.807) is 6.07 Å². The van der Waals surface area contributed by atoms with Gasteiger partial charge in [-0.15, -0.1) is 0 Å². The van der Waals surface area contributed by atoms with E-state index in [9.17, 15) is 19.2 Å². The molecule has 0 saturated carbocycles. The maximum atomic E-state index is 12.0. The van der Waals surface area contributed by atoms with Crippen LogP contribution in [0.3, 0.4) is 0 Å². The molecule has 2 aromatic rings. The highest BCUT2D eigenvalue weighted by Crippen LogP contribution is 2.16. The summed E-state index contributed by atoms with van der Waals surface area (Å²) in [6, 6.07) is 13.5. The zero-order valence-electron chi connectivity index (χ0n) is 16.9. The van der Waals surface area contributed by atoms with Crippen LogP contribution in [-0.2, 0) is 30.3 Å². The van der Waals surface area contributed by atoms with Gasteiger partial charge in [0.25, 0.3) is 5.91 Å². The highest BCUT2D eigenvalue weighted by molar-refractivity contribution is 5.95. The molecular formula is C22H24N2O6. The minimum Gasteiger partial charge on any atom is -0.465 e. The zero-order chi connectivity index (χ0) is 21.9. The van der Waals surface area contributed by atoms with Crippen molar-refractivity contribution in [2.45, 2.75) is 26.2 Å². The Kier molecular flexibility index (Phi) is 8.56. The zero-order valence-corrected chi connectivity index (χ0v) is 16.9. The number of benzene rings is 2. The number of rotatable bonds is 9. The second-order valence-electron chi connectivity index (χ2n) is 6.34. The number of ether oxygens (including phenoxy) is 2. The molecule has 0 unspecified atom stereocenters. The van der Waals surface area contributed by atoms with E-state index in [1.165, 1.54) is 31.4 Å². The largest absolute Gasteiger partial charge is 0.465 e. The summed E-state index contributed by atoms with van der Waals surface area (Å²) in [5.41, 5.74) is 2.51. The van der Waals surface area contributed by atoms with Crippen LogP contribution in [-0.4, -0.2) is 37.5 Å². The van der Waals surface area contributed by atoms with Gasteiger partial charge < -0.3 is 20.1 Å². The summed E-state index contributed by atoms with van der Waals surface area (Å²) in [5.74, 6) is -1.97. The van der Waals surface area contributed by atoms with E-state index in [2.05, 4.69) is 15.4 Å². The van der Waals surface area contributed by atoms with Crippen molar-refractivity contribution in [1.82, 2.24) is 0 Å². The van der Waals surface area contributed by atoms with E-state index in [1.807, 2.05) is 25.1 Å². The average molecular weight is 412 g/mol. The van der Waals surface area contributed by atoms with E-state index < -0.39 is 24.5 Å². The maximum Gasteiger partial charge on any atom is 0.337 e. The Morgan fingerprint density at radius 1 is 0.867 bits per heavy atom. The van der Waals surface area contributed by atoms with Crippen LogP contribution in [0.15, 0.2) is 48.5 Å². The standard InChI is InChI=1S/C22H24N2O6/c1-3-15-6-4-5-7-18(15)24-19(25)12-13-21(27)30-14-20(26)23-17-10-8-16(9-11-17)22(28)29-2/h4-11H,3,12-14H2,1-2H3,(H,23,26)(H,24,25). The molecule has 8 heteroatoms. The molecule has 2 aromatic carbocycles. The van der Waals surface area contributed by atoms with Crippen molar-refractivity contribution in [3.05, 3.63) is 59.7 Å². The molecule has 0 heterocycles. The van der Waals surface area contributed by atoms with Gasteiger partial charge in [-0.05, 0) is 42.3 Å². The predicted octanol–water partition coefficient (Wildman–Crippen LogP) is 2.94. The molecule has 0 fully saturated rings. The molecule has 0 radical (unpaired) electrons. The molecule has 0 saturated heterocycles. The smallest absolute Gasteiger partial charge is 0.337 e. The summed E-state index contributed by atoms with van der Waals surface area (Å²) in [5, 5.41) is 5.32. The molecule has 2 rings (SSSR count). The quantitative estimate of drug-likeness (QED) is 0.613. The second-order valence-corrected chi connectivity index (χ2v) is 6.34. The third kappa shape index (κ3) is 7.05. The number of hydrogen-bond acceptors (Lipinski definition) is 6. The van der Waals surface area contributed by atoms with Crippen molar-refractivity contribution in [3.8, 4) is 0 Å². The van der Waals surface area contributed by atoms with Crippen LogP contribution in [0.2, 0.25) is 0 Å². The number of carbonyl (C=O) groups is 4. The number of methoxy groups -OCH3 is 1. The van der Waals surface area contributed by atoms with Gasteiger partial charge in [0.1, 0.15) is 0 Å². The Labute approximate surface area is 174 Å². The Morgan fingerprint density at radius 3 is 2.23 bits per heavy atom. The molecule has 30 heavy (non-hydrogen) atoms. The average Bonchev–Trinajstić information content (AvgIpc) is 2.76.